The van der Waals surface area contributed by atoms with Gasteiger partial charge in [-0.1, -0.05) is 30.2 Å². The van der Waals surface area contributed by atoms with Gasteiger partial charge in [-0.25, -0.2) is 0 Å². The topological polar surface area (TPSA) is 0 Å². The molecule has 0 amide bonds. The second-order valence-electron chi connectivity index (χ2n) is 2.16. The van der Waals surface area contributed by atoms with Crippen LogP contribution < -0.4 is 0 Å². The minimum atomic E-state index is 1.19. The summed E-state index contributed by atoms with van der Waals surface area (Å²) in [5.41, 5.74) is 0. The molecule has 1 heteroatoms. The van der Waals surface area contributed by atoms with Crippen LogP contribution >= 0.6 is 11.8 Å². The maximum Gasteiger partial charge on any atom is 0.0203 e. The molecule has 60 valence electrons. The highest BCUT2D eigenvalue weighted by Gasteiger charge is 1.84. The summed E-state index contributed by atoms with van der Waals surface area (Å²) >= 11 is 1.55. The third kappa shape index (κ3) is 3.32. The van der Waals surface area contributed by atoms with Gasteiger partial charge in [0.05, 0.1) is 0 Å². The van der Waals surface area contributed by atoms with Gasteiger partial charge in [0, 0.05) is 4.90 Å². The smallest absolute Gasteiger partial charge is 0.0203 e. The van der Waals surface area contributed by atoms with Crippen LogP contribution in [0, 0.1) is 11.2 Å². The lowest BCUT2D eigenvalue weighted by atomic mass is 10.4. The lowest BCUT2D eigenvalue weighted by molar-refractivity contribution is 1.47. The van der Waals surface area contributed by atoms with Crippen LogP contribution in [0.2, 0.25) is 0 Å². The molecule has 12 heavy (non-hydrogen) atoms. The van der Waals surface area contributed by atoms with Crippen LogP contribution in [0.4, 0.5) is 0 Å². The van der Waals surface area contributed by atoms with Crippen LogP contribution in [0.1, 0.15) is 6.92 Å². The van der Waals surface area contributed by atoms with Crippen LogP contribution in [-0.2, 0) is 0 Å². The monoisotopic (exact) mass is 174 g/mol. The highest BCUT2D eigenvalue weighted by atomic mass is 32.2. The fraction of sp³-hybridized carbons (Fsp3) is 0.0909. The standard InChI is InChI=1S/C11H10S/c1-2-3-7-10-12-11-8-5-4-6-9-11/h2-6,8-9H,1H3/b3-2+. The van der Waals surface area contributed by atoms with E-state index in [1.807, 2.05) is 37.3 Å². The maximum atomic E-state index is 2.98. The SMILES string of the molecule is C/C=C/C#CSc1ccccc1. The van der Waals surface area contributed by atoms with Crippen molar-refractivity contribution in [3.63, 3.8) is 0 Å². The number of allylic oxidation sites excluding steroid dienone is 2. The van der Waals surface area contributed by atoms with Gasteiger partial charge in [-0.15, -0.1) is 0 Å². The molecule has 0 radical (unpaired) electrons. The van der Waals surface area contributed by atoms with Gasteiger partial charge >= 0.3 is 0 Å². The van der Waals surface area contributed by atoms with Gasteiger partial charge in [0.2, 0.25) is 0 Å². The molecule has 1 aromatic carbocycles. The Hall–Kier alpha value is -1.13. The van der Waals surface area contributed by atoms with Crippen LogP contribution in [0.15, 0.2) is 47.4 Å². The number of thioether (sulfide) groups is 1. The summed E-state index contributed by atoms with van der Waals surface area (Å²) in [6, 6.07) is 10.1. The zero-order chi connectivity index (χ0) is 8.65. The molecule has 0 aliphatic carbocycles. The fourth-order valence-electron chi connectivity index (χ4n) is 0.694. The second kappa shape index (κ2) is 5.51. The van der Waals surface area contributed by atoms with E-state index in [2.05, 4.69) is 23.3 Å². The first-order valence-electron chi connectivity index (χ1n) is 3.77. The highest BCUT2D eigenvalue weighted by molar-refractivity contribution is 8.03. The maximum absolute atomic E-state index is 2.98. The van der Waals surface area contributed by atoms with Crippen LogP contribution in [0.5, 0.6) is 0 Å². The van der Waals surface area contributed by atoms with Gasteiger partial charge in [0.15, 0.2) is 0 Å². The van der Waals surface area contributed by atoms with E-state index in [0.29, 0.717) is 0 Å². The van der Waals surface area contributed by atoms with E-state index in [-0.39, 0.29) is 0 Å². The van der Waals surface area contributed by atoms with Crippen molar-refractivity contribution in [2.24, 2.45) is 0 Å². The third-order valence-electron chi connectivity index (χ3n) is 1.22. The Morgan fingerprint density at radius 3 is 2.67 bits per heavy atom. The molecule has 0 saturated heterocycles. The summed E-state index contributed by atoms with van der Waals surface area (Å²) < 4.78 is 0. The molecule has 0 atom stereocenters. The molecule has 0 aliphatic rings. The first kappa shape index (κ1) is 8.96. The minimum Gasteiger partial charge on any atom is -0.0793 e. The predicted octanol–water partition coefficient (Wildman–Crippen LogP) is 3.32. The van der Waals surface area contributed by atoms with Gasteiger partial charge in [0.1, 0.15) is 0 Å². The molecule has 0 spiro atoms. The Morgan fingerprint density at radius 1 is 1.25 bits per heavy atom. The highest BCUT2D eigenvalue weighted by Crippen LogP contribution is 2.14. The average molecular weight is 174 g/mol. The minimum absolute atomic E-state index is 1.19. The van der Waals surface area contributed by atoms with Crippen molar-refractivity contribution in [2.75, 3.05) is 0 Å². The van der Waals surface area contributed by atoms with Gasteiger partial charge in [-0.3, -0.25) is 0 Å². The molecule has 1 rings (SSSR count). The summed E-state index contributed by atoms with van der Waals surface area (Å²) in [4.78, 5) is 1.19. The van der Waals surface area contributed by atoms with Crippen molar-refractivity contribution in [3.8, 4) is 11.2 Å². The number of benzene rings is 1. The van der Waals surface area contributed by atoms with E-state index in [1.54, 1.807) is 11.8 Å². The molecule has 0 bridgehead atoms. The second-order valence-corrected chi connectivity index (χ2v) is 3.04. The molecule has 0 aliphatic heterocycles. The first-order chi connectivity index (χ1) is 5.93. The van der Waals surface area contributed by atoms with E-state index in [1.165, 1.54) is 4.90 Å². The molecule has 0 nitrogen and oxygen atoms in total. The molecule has 1 aromatic rings. The van der Waals surface area contributed by atoms with Crippen LogP contribution in [-0.4, -0.2) is 0 Å². The molecule has 0 N–H and O–H groups in total. The molecule has 0 saturated carbocycles. The van der Waals surface area contributed by atoms with E-state index < -0.39 is 0 Å². The van der Waals surface area contributed by atoms with Crippen molar-refractivity contribution >= 4 is 11.8 Å². The molecule has 0 fully saturated rings. The Balaban J connectivity index is 2.50. The lowest BCUT2D eigenvalue weighted by Gasteiger charge is -1.89. The van der Waals surface area contributed by atoms with Gasteiger partial charge < -0.3 is 0 Å². The quantitative estimate of drug-likeness (QED) is 0.465. The Bertz CT molecular complexity index is 301. The van der Waals surface area contributed by atoms with Crippen molar-refractivity contribution in [1.29, 1.82) is 0 Å². The molecule has 0 aromatic heterocycles. The van der Waals surface area contributed by atoms with Crippen molar-refractivity contribution in [3.05, 3.63) is 42.5 Å². The summed E-state index contributed by atoms with van der Waals surface area (Å²) in [6.07, 6.45) is 3.77. The van der Waals surface area contributed by atoms with E-state index in [9.17, 15) is 0 Å². The van der Waals surface area contributed by atoms with Crippen LogP contribution in [0.25, 0.3) is 0 Å². The summed E-state index contributed by atoms with van der Waals surface area (Å²) in [5, 5.41) is 2.98. The average Bonchev–Trinajstić information content (AvgIpc) is 2.14. The van der Waals surface area contributed by atoms with E-state index in [0.717, 1.165) is 0 Å². The number of rotatable bonds is 1. The van der Waals surface area contributed by atoms with E-state index >= 15 is 0 Å². The molecular weight excluding hydrogens is 164 g/mol. The van der Waals surface area contributed by atoms with Gasteiger partial charge in [-0.05, 0) is 42.1 Å². The normalized spacial score (nSPS) is 9.42. The molecule has 0 heterocycles. The van der Waals surface area contributed by atoms with Gasteiger partial charge in [-0.2, -0.15) is 0 Å². The van der Waals surface area contributed by atoms with Crippen LogP contribution in [0.3, 0.4) is 0 Å². The van der Waals surface area contributed by atoms with Crippen molar-refractivity contribution in [1.82, 2.24) is 0 Å². The number of hydrogen-bond donors (Lipinski definition) is 0. The molecule has 0 unspecified atom stereocenters. The van der Waals surface area contributed by atoms with Gasteiger partial charge in [0.25, 0.3) is 0 Å². The Labute approximate surface area is 77.7 Å². The zero-order valence-corrected chi connectivity index (χ0v) is 7.77. The predicted molar refractivity (Wildman–Crippen MR) is 54.9 cm³/mol. The fourth-order valence-corrected chi connectivity index (χ4v) is 1.23. The largest absolute Gasteiger partial charge is 0.0793 e. The number of hydrogen-bond acceptors (Lipinski definition) is 1. The first-order valence-corrected chi connectivity index (χ1v) is 4.58. The lowest BCUT2D eigenvalue weighted by Crippen LogP contribution is -1.63. The van der Waals surface area contributed by atoms with Crippen molar-refractivity contribution < 1.29 is 0 Å². The summed E-state index contributed by atoms with van der Waals surface area (Å²) in [5.74, 6) is 2.92. The van der Waals surface area contributed by atoms with Crippen molar-refractivity contribution in [2.45, 2.75) is 11.8 Å². The molecular formula is C11H10S. The summed E-state index contributed by atoms with van der Waals surface area (Å²) in [6.45, 7) is 1.96. The van der Waals surface area contributed by atoms with E-state index in [4.69, 9.17) is 0 Å². The third-order valence-corrected chi connectivity index (χ3v) is 1.95. The Morgan fingerprint density at radius 2 is 2.00 bits per heavy atom. The zero-order valence-electron chi connectivity index (χ0n) is 6.95. The Kier molecular flexibility index (Phi) is 4.12. The summed E-state index contributed by atoms with van der Waals surface area (Å²) in [7, 11) is 0.